The SMILES string of the molecule is CC1(C)CN(C(=O)c2cc(Cl)nc(Cl)c2)Cc2cn[nH]c21. The summed E-state index contributed by atoms with van der Waals surface area (Å²) in [6, 6.07) is 3.07. The molecule has 1 aliphatic rings. The zero-order chi connectivity index (χ0) is 15.2. The van der Waals surface area contributed by atoms with Crippen molar-refractivity contribution in [3.05, 3.63) is 45.5 Å². The molecule has 0 atom stereocenters. The lowest BCUT2D eigenvalue weighted by Gasteiger charge is -2.37. The molecule has 3 rings (SSSR count). The number of fused-ring (bicyclic) bond motifs is 1. The van der Waals surface area contributed by atoms with E-state index in [2.05, 4.69) is 29.0 Å². The molecule has 0 bridgehead atoms. The van der Waals surface area contributed by atoms with Crippen molar-refractivity contribution < 1.29 is 4.79 Å². The number of aromatic nitrogens is 3. The van der Waals surface area contributed by atoms with Crippen LogP contribution in [0.5, 0.6) is 0 Å². The number of aromatic amines is 1. The van der Waals surface area contributed by atoms with Crippen LogP contribution in [-0.2, 0) is 12.0 Å². The van der Waals surface area contributed by atoms with Gasteiger partial charge in [0.15, 0.2) is 0 Å². The highest BCUT2D eigenvalue weighted by Crippen LogP contribution is 2.32. The summed E-state index contributed by atoms with van der Waals surface area (Å²) in [7, 11) is 0. The van der Waals surface area contributed by atoms with Crippen molar-refractivity contribution in [3.8, 4) is 0 Å². The van der Waals surface area contributed by atoms with Crippen molar-refractivity contribution in [2.75, 3.05) is 6.54 Å². The number of amides is 1. The Kier molecular flexibility index (Phi) is 3.42. The largest absolute Gasteiger partial charge is 0.333 e. The number of carbonyl (C=O) groups excluding carboxylic acids is 1. The van der Waals surface area contributed by atoms with E-state index in [1.165, 1.54) is 12.1 Å². The lowest BCUT2D eigenvalue weighted by atomic mass is 9.83. The molecule has 7 heteroatoms. The molecule has 0 radical (unpaired) electrons. The fourth-order valence-electron chi connectivity index (χ4n) is 2.75. The number of halogens is 2. The Hall–Kier alpha value is -1.59. The second-order valence-electron chi connectivity index (χ2n) is 5.82. The van der Waals surface area contributed by atoms with Crippen LogP contribution in [0.2, 0.25) is 10.3 Å². The van der Waals surface area contributed by atoms with Gasteiger partial charge in [0.2, 0.25) is 0 Å². The van der Waals surface area contributed by atoms with E-state index >= 15 is 0 Å². The molecule has 0 unspecified atom stereocenters. The number of rotatable bonds is 1. The molecule has 5 nitrogen and oxygen atoms in total. The maximum Gasteiger partial charge on any atom is 0.254 e. The van der Waals surface area contributed by atoms with Gasteiger partial charge in [0.05, 0.1) is 6.20 Å². The van der Waals surface area contributed by atoms with Crippen molar-refractivity contribution in [2.45, 2.75) is 25.8 Å². The molecule has 21 heavy (non-hydrogen) atoms. The lowest BCUT2D eigenvalue weighted by molar-refractivity contribution is 0.0684. The topological polar surface area (TPSA) is 61.9 Å². The van der Waals surface area contributed by atoms with Gasteiger partial charge in [-0.05, 0) is 12.1 Å². The molecule has 0 aromatic carbocycles. The first-order valence-electron chi connectivity index (χ1n) is 6.52. The number of hydrogen-bond acceptors (Lipinski definition) is 3. The second-order valence-corrected chi connectivity index (χ2v) is 6.59. The third-order valence-corrected chi connectivity index (χ3v) is 4.03. The maximum atomic E-state index is 12.7. The third-order valence-electron chi connectivity index (χ3n) is 3.64. The molecule has 0 fully saturated rings. The molecule has 1 N–H and O–H groups in total. The Morgan fingerprint density at radius 3 is 2.67 bits per heavy atom. The van der Waals surface area contributed by atoms with Crippen LogP contribution in [0, 0.1) is 0 Å². The van der Waals surface area contributed by atoms with Gasteiger partial charge >= 0.3 is 0 Å². The summed E-state index contributed by atoms with van der Waals surface area (Å²) >= 11 is 11.7. The molecular weight excluding hydrogens is 311 g/mol. The van der Waals surface area contributed by atoms with Gasteiger partial charge in [-0.1, -0.05) is 37.0 Å². The normalized spacial score (nSPS) is 16.7. The number of hydrogen-bond donors (Lipinski definition) is 1. The minimum atomic E-state index is -0.180. The van der Waals surface area contributed by atoms with Gasteiger partial charge in [0.25, 0.3) is 5.91 Å². The molecule has 0 saturated carbocycles. The van der Waals surface area contributed by atoms with E-state index in [1.807, 2.05) is 0 Å². The number of nitrogens with one attached hydrogen (secondary N) is 1. The molecule has 0 spiro atoms. The molecule has 1 aliphatic heterocycles. The molecule has 0 aliphatic carbocycles. The first-order chi connectivity index (χ1) is 9.87. The predicted molar refractivity (Wildman–Crippen MR) is 80.6 cm³/mol. The summed E-state index contributed by atoms with van der Waals surface area (Å²) in [6.45, 7) is 5.27. The summed E-state index contributed by atoms with van der Waals surface area (Å²) in [6.07, 6.45) is 1.77. The van der Waals surface area contributed by atoms with E-state index < -0.39 is 0 Å². The van der Waals surface area contributed by atoms with E-state index in [4.69, 9.17) is 23.2 Å². The zero-order valence-corrected chi connectivity index (χ0v) is 13.2. The van der Waals surface area contributed by atoms with Crippen LogP contribution in [-0.4, -0.2) is 32.5 Å². The van der Waals surface area contributed by atoms with Crippen LogP contribution in [0.1, 0.15) is 35.5 Å². The fourth-order valence-corrected chi connectivity index (χ4v) is 3.21. The van der Waals surface area contributed by atoms with E-state index in [1.54, 1.807) is 11.1 Å². The van der Waals surface area contributed by atoms with E-state index in [-0.39, 0.29) is 21.6 Å². The van der Waals surface area contributed by atoms with Gasteiger partial charge in [-0.2, -0.15) is 5.10 Å². The van der Waals surface area contributed by atoms with Crippen LogP contribution >= 0.6 is 23.2 Å². The van der Waals surface area contributed by atoms with Crippen LogP contribution in [0.4, 0.5) is 0 Å². The van der Waals surface area contributed by atoms with Crippen molar-refractivity contribution in [1.82, 2.24) is 20.1 Å². The van der Waals surface area contributed by atoms with Crippen LogP contribution in [0.15, 0.2) is 18.3 Å². The Morgan fingerprint density at radius 2 is 2.00 bits per heavy atom. The fraction of sp³-hybridized carbons (Fsp3) is 0.357. The van der Waals surface area contributed by atoms with Crippen LogP contribution in [0.25, 0.3) is 0 Å². The standard InChI is InChI=1S/C14H14Cl2N4O/c1-14(2)7-20(6-9-5-17-19-12(9)14)13(21)8-3-10(15)18-11(16)4-8/h3-5H,6-7H2,1-2H3,(H,17,19). The molecule has 0 saturated heterocycles. The molecule has 110 valence electrons. The molecule has 2 aromatic heterocycles. The molecule has 3 heterocycles. The molecule has 1 amide bonds. The Labute approximate surface area is 132 Å². The Morgan fingerprint density at radius 1 is 1.33 bits per heavy atom. The van der Waals surface area contributed by atoms with E-state index in [0.717, 1.165) is 11.3 Å². The smallest absolute Gasteiger partial charge is 0.254 e. The summed E-state index contributed by atoms with van der Waals surface area (Å²) < 4.78 is 0. The lowest BCUT2D eigenvalue weighted by Crippen LogP contribution is -2.45. The number of H-pyrrole nitrogens is 1. The summed E-state index contributed by atoms with van der Waals surface area (Å²) in [5, 5.41) is 7.53. The Bertz CT molecular complexity index is 690. The Balaban J connectivity index is 1.93. The third kappa shape index (κ3) is 2.63. The average molecular weight is 325 g/mol. The van der Waals surface area contributed by atoms with Crippen LogP contribution in [0.3, 0.4) is 0 Å². The van der Waals surface area contributed by atoms with Crippen molar-refractivity contribution in [2.24, 2.45) is 0 Å². The van der Waals surface area contributed by atoms with Crippen molar-refractivity contribution in [3.63, 3.8) is 0 Å². The van der Waals surface area contributed by atoms with Crippen molar-refractivity contribution >= 4 is 29.1 Å². The predicted octanol–water partition coefficient (Wildman–Crippen LogP) is 3.05. The minimum absolute atomic E-state index is 0.110. The molecular formula is C14H14Cl2N4O. The first kappa shape index (κ1) is 14.4. The van der Waals surface area contributed by atoms with Gasteiger partial charge in [0.1, 0.15) is 10.3 Å². The highest BCUT2D eigenvalue weighted by atomic mass is 35.5. The average Bonchev–Trinajstić information content (AvgIpc) is 2.85. The van der Waals surface area contributed by atoms with Gasteiger partial charge in [-0.25, -0.2) is 4.98 Å². The first-order valence-corrected chi connectivity index (χ1v) is 7.27. The highest BCUT2D eigenvalue weighted by Gasteiger charge is 2.35. The zero-order valence-electron chi connectivity index (χ0n) is 11.7. The van der Waals surface area contributed by atoms with Gasteiger partial charge in [0, 0.05) is 35.3 Å². The van der Waals surface area contributed by atoms with Gasteiger partial charge in [-0.15, -0.1) is 0 Å². The van der Waals surface area contributed by atoms with E-state index in [0.29, 0.717) is 18.7 Å². The summed E-state index contributed by atoms with van der Waals surface area (Å²) in [4.78, 5) is 18.3. The highest BCUT2D eigenvalue weighted by molar-refractivity contribution is 6.33. The second kappa shape index (κ2) is 5.00. The van der Waals surface area contributed by atoms with Crippen molar-refractivity contribution in [1.29, 1.82) is 0 Å². The number of carbonyl (C=O) groups is 1. The van der Waals surface area contributed by atoms with Gasteiger partial charge < -0.3 is 4.90 Å². The number of pyridine rings is 1. The summed E-state index contributed by atoms with van der Waals surface area (Å²) in [5.74, 6) is -0.110. The quantitative estimate of drug-likeness (QED) is 0.820. The van der Waals surface area contributed by atoms with Crippen LogP contribution < -0.4 is 0 Å². The monoisotopic (exact) mass is 324 g/mol. The van der Waals surface area contributed by atoms with Gasteiger partial charge in [-0.3, -0.25) is 9.89 Å². The summed E-state index contributed by atoms with van der Waals surface area (Å²) in [5.41, 5.74) is 2.38. The molecule has 2 aromatic rings. The maximum absolute atomic E-state index is 12.7. The number of nitrogens with zero attached hydrogens (tertiary/aromatic N) is 3. The minimum Gasteiger partial charge on any atom is -0.333 e. The van der Waals surface area contributed by atoms with E-state index in [9.17, 15) is 4.79 Å².